The molecule has 0 fully saturated rings. The van der Waals surface area contributed by atoms with Crippen LogP contribution in [-0.2, 0) is 17.8 Å². The number of rotatable bonds is 3. The van der Waals surface area contributed by atoms with E-state index in [9.17, 15) is 4.79 Å². The third-order valence-electron chi connectivity index (χ3n) is 2.66. The number of hydrogen-bond acceptors (Lipinski definition) is 2. The van der Waals surface area contributed by atoms with Crippen LogP contribution in [0.2, 0.25) is 0 Å². The Balaban J connectivity index is 2.70. The van der Waals surface area contributed by atoms with Crippen LogP contribution in [0, 0.1) is 6.92 Å². The van der Waals surface area contributed by atoms with Crippen LogP contribution in [0.15, 0.2) is 18.2 Å². The minimum Gasteiger partial charge on any atom is -0.480 e. The summed E-state index contributed by atoms with van der Waals surface area (Å²) in [5, 5.41) is 8.91. The third kappa shape index (κ3) is 1.66. The lowest BCUT2D eigenvalue weighted by Gasteiger charge is -2.05. The fourth-order valence-corrected chi connectivity index (χ4v) is 1.99. The van der Waals surface area contributed by atoms with Crippen molar-refractivity contribution in [3.63, 3.8) is 0 Å². The number of nitrogens with zero attached hydrogens (tertiary/aromatic N) is 2. The summed E-state index contributed by atoms with van der Waals surface area (Å²) < 4.78 is 1.78. The number of aliphatic carboxylic acids is 1. The lowest BCUT2D eigenvalue weighted by molar-refractivity contribution is -0.137. The smallest absolute Gasteiger partial charge is 0.323 e. The van der Waals surface area contributed by atoms with Crippen molar-refractivity contribution in [2.75, 3.05) is 0 Å². The quantitative estimate of drug-likeness (QED) is 0.857. The first-order chi connectivity index (χ1) is 7.63. The molecule has 1 aromatic carbocycles. The molecule has 0 saturated heterocycles. The highest BCUT2D eigenvalue weighted by molar-refractivity contribution is 5.81. The van der Waals surface area contributed by atoms with E-state index in [-0.39, 0.29) is 6.54 Å². The first-order valence-corrected chi connectivity index (χ1v) is 5.30. The number of para-hydroxylation sites is 1. The van der Waals surface area contributed by atoms with Crippen molar-refractivity contribution < 1.29 is 9.90 Å². The first-order valence-electron chi connectivity index (χ1n) is 5.30. The van der Waals surface area contributed by atoms with Crippen molar-refractivity contribution in [1.82, 2.24) is 9.55 Å². The van der Waals surface area contributed by atoms with Gasteiger partial charge in [-0.2, -0.15) is 0 Å². The van der Waals surface area contributed by atoms with Crippen molar-refractivity contribution in [2.24, 2.45) is 0 Å². The molecule has 0 saturated carbocycles. The van der Waals surface area contributed by atoms with Gasteiger partial charge in [-0.3, -0.25) is 4.79 Å². The Labute approximate surface area is 93.5 Å². The van der Waals surface area contributed by atoms with E-state index >= 15 is 0 Å². The molecule has 0 aliphatic carbocycles. The van der Waals surface area contributed by atoms with E-state index in [0.717, 1.165) is 28.8 Å². The van der Waals surface area contributed by atoms with Crippen LogP contribution in [0.5, 0.6) is 0 Å². The number of aromatic nitrogens is 2. The minimum absolute atomic E-state index is 0.0233. The minimum atomic E-state index is -0.836. The molecular weight excluding hydrogens is 204 g/mol. The molecule has 0 spiro atoms. The molecule has 1 N–H and O–H groups in total. The van der Waals surface area contributed by atoms with Crippen molar-refractivity contribution in [3.05, 3.63) is 29.6 Å². The third-order valence-corrected chi connectivity index (χ3v) is 2.66. The van der Waals surface area contributed by atoms with Crippen LogP contribution in [0.25, 0.3) is 11.0 Å². The second-order valence-electron chi connectivity index (χ2n) is 3.80. The van der Waals surface area contributed by atoms with Crippen LogP contribution in [-0.4, -0.2) is 20.6 Å². The van der Waals surface area contributed by atoms with E-state index in [0.29, 0.717) is 0 Å². The first kappa shape index (κ1) is 10.7. The Hall–Kier alpha value is -1.84. The number of carboxylic acid groups (broad SMARTS) is 1. The van der Waals surface area contributed by atoms with E-state index in [1.807, 2.05) is 32.0 Å². The summed E-state index contributed by atoms with van der Waals surface area (Å²) in [6, 6.07) is 5.83. The molecule has 4 nitrogen and oxygen atoms in total. The second-order valence-corrected chi connectivity index (χ2v) is 3.80. The molecule has 0 bridgehead atoms. The molecule has 0 radical (unpaired) electrons. The monoisotopic (exact) mass is 218 g/mol. The number of hydrogen-bond donors (Lipinski definition) is 1. The average Bonchev–Trinajstić information content (AvgIpc) is 2.57. The molecule has 1 aromatic heterocycles. The lowest BCUT2D eigenvalue weighted by atomic mass is 10.2. The summed E-state index contributed by atoms with van der Waals surface area (Å²) in [4.78, 5) is 15.3. The Morgan fingerprint density at radius 1 is 1.50 bits per heavy atom. The molecule has 2 rings (SSSR count). The Kier molecular flexibility index (Phi) is 2.64. The zero-order chi connectivity index (χ0) is 11.7. The molecular formula is C12H14N2O2. The van der Waals surface area contributed by atoms with Gasteiger partial charge >= 0.3 is 5.97 Å². The number of benzene rings is 1. The molecule has 4 heteroatoms. The standard InChI is InChI=1S/C12H14N2O2/c1-3-10-13-9-6-4-5-8(2)12(9)14(10)7-11(15)16/h4-6H,3,7H2,1-2H3,(H,15,16). The van der Waals surface area contributed by atoms with E-state index in [1.165, 1.54) is 0 Å². The van der Waals surface area contributed by atoms with Gasteiger partial charge in [0, 0.05) is 6.42 Å². The Morgan fingerprint density at radius 3 is 2.88 bits per heavy atom. The van der Waals surface area contributed by atoms with Crippen molar-refractivity contribution in [2.45, 2.75) is 26.8 Å². The average molecular weight is 218 g/mol. The summed E-state index contributed by atoms with van der Waals surface area (Å²) in [5.41, 5.74) is 2.87. The van der Waals surface area contributed by atoms with Gasteiger partial charge in [-0.1, -0.05) is 19.1 Å². The van der Waals surface area contributed by atoms with Gasteiger partial charge < -0.3 is 9.67 Å². The van der Waals surface area contributed by atoms with Crippen LogP contribution < -0.4 is 0 Å². The summed E-state index contributed by atoms with van der Waals surface area (Å²) in [7, 11) is 0. The van der Waals surface area contributed by atoms with Gasteiger partial charge in [-0.15, -0.1) is 0 Å². The van der Waals surface area contributed by atoms with Crippen molar-refractivity contribution in [3.8, 4) is 0 Å². The molecule has 0 aliphatic heterocycles. The zero-order valence-corrected chi connectivity index (χ0v) is 9.40. The molecule has 0 atom stereocenters. The predicted octanol–water partition coefficient (Wildman–Crippen LogP) is 1.99. The largest absolute Gasteiger partial charge is 0.480 e. The molecule has 0 aliphatic rings. The Morgan fingerprint density at radius 2 is 2.25 bits per heavy atom. The zero-order valence-electron chi connectivity index (χ0n) is 9.40. The molecule has 0 unspecified atom stereocenters. The predicted molar refractivity (Wildman–Crippen MR) is 61.5 cm³/mol. The molecule has 0 amide bonds. The van der Waals surface area contributed by atoms with Crippen LogP contribution in [0.1, 0.15) is 18.3 Å². The molecule has 1 heterocycles. The van der Waals surface area contributed by atoms with E-state index in [1.54, 1.807) is 4.57 Å². The maximum Gasteiger partial charge on any atom is 0.323 e. The summed E-state index contributed by atoms with van der Waals surface area (Å²) in [6.45, 7) is 3.93. The lowest BCUT2D eigenvalue weighted by Crippen LogP contribution is -2.11. The highest BCUT2D eigenvalue weighted by Crippen LogP contribution is 2.20. The van der Waals surface area contributed by atoms with Gasteiger partial charge in [0.1, 0.15) is 12.4 Å². The van der Waals surface area contributed by atoms with Crippen molar-refractivity contribution in [1.29, 1.82) is 0 Å². The Bertz CT molecular complexity index is 543. The SMILES string of the molecule is CCc1nc2cccc(C)c2n1CC(=O)O. The summed E-state index contributed by atoms with van der Waals surface area (Å²) in [5.74, 6) is -0.0102. The van der Waals surface area contributed by atoms with Gasteiger partial charge in [0.05, 0.1) is 11.0 Å². The molecule has 2 aromatic rings. The van der Waals surface area contributed by atoms with Crippen LogP contribution >= 0.6 is 0 Å². The van der Waals surface area contributed by atoms with Gasteiger partial charge in [0.25, 0.3) is 0 Å². The fourth-order valence-electron chi connectivity index (χ4n) is 1.99. The molecule has 16 heavy (non-hydrogen) atoms. The van der Waals surface area contributed by atoms with E-state index in [2.05, 4.69) is 4.98 Å². The maximum absolute atomic E-state index is 10.8. The highest BCUT2D eigenvalue weighted by atomic mass is 16.4. The number of aryl methyl sites for hydroxylation is 2. The van der Waals surface area contributed by atoms with Crippen LogP contribution in [0.3, 0.4) is 0 Å². The fraction of sp³-hybridized carbons (Fsp3) is 0.333. The molecule has 84 valence electrons. The maximum atomic E-state index is 10.8. The summed E-state index contributed by atoms with van der Waals surface area (Å²) >= 11 is 0. The number of carbonyl (C=O) groups is 1. The number of fused-ring (bicyclic) bond motifs is 1. The van der Waals surface area contributed by atoms with E-state index in [4.69, 9.17) is 5.11 Å². The normalized spacial score (nSPS) is 10.9. The second kappa shape index (κ2) is 3.96. The number of carboxylic acids is 1. The highest BCUT2D eigenvalue weighted by Gasteiger charge is 2.12. The van der Waals surface area contributed by atoms with Gasteiger partial charge in [0.2, 0.25) is 0 Å². The van der Waals surface area contributed by atoms with Gasteiger partial charge in [-0.25, -0.2) is 4.98 Å². The van der Waals surface area contributed by atoms with Crippen molar-refractivity contribution >= 4 is 17.0 Å². The van der Waals surface area contributed by atoms with Gasteiger partial charge in [0.15, 0.2) is 0 Å². The van der Waals surface area contributed by atoms with Crippen LogP contribution in [0.4, 0.5) is 0 Å². The summed E-state index contributed by atoms with van der Waals surface area (Å²) in [6.07, 6.45) is 0.737. The van der Waals surface area contributed by atoms with Gasteiger partial charge in [-0.05, 0) is 18.6 Å². The van der Waals surface area contributed by atoms with E-state index < -0.39 is 5.97 Å². The topological polar surface area (TPSA) is 55.1 Å². The number of imidazole rings is 1.